The molecule has 8 nitrogen and oxygen atoms in total. The highest BCUT2D eigenvalue weighted by Gasteiger charge is 2.20. The van der Waals surface area contributed by atoms with Crippen molar-refractivity contribution in [3.05, 3.63) is 58.4 Å². The highest BCUT2D eigenvalue weighted by atomic mass is 32.2. The normalized spacial score (nSPS) is 12.4. The van der Waals surface area contributed by atoms with E-state index in [1.54, 1.807) is 25.1 Å². The molecule has 5 N–H and O–H groups in total. The van der Waals surface area contributed by atoms with E-state index in [1.165, 1.54) is 18.2 Å². The molecule has 1 heterocycles. The third-order valence-electron chi connectivity index (χ3n) is 3.95. The van der Waals surface area contributed by atoms with Crippen LogP contribution < -0.4 is 15.8 Å². The molecule has 2 aromatic carbocycles. The molecule has 0 atom stereocenters. The summed E-state index contributed by atoms with van der Waals surface area (Å²) in [7, 11) is -8.30. The fraction of sp³-hybridized carbons (Fsp3) is 0.0625. The molecule has 136 valence electrons. The van der Waals surface area contributed by atoms with Gasteiger partial charge in [0.2, 0.25) is 25.6 Å². The Kier molecular flexibility index (Phi) is 4.23. The van der Waals surface area contributed by atoms with Crippen molar-refractivity contribution in [3.63, 3.8) is 0 Å². The second-order valence-corrected chi connectivity index (χ2v) is 8.92. The second-order valence-electron chi connectivity index (χ2n) is 5.82. The molecule has 0 aliphatic rings. The van der Waals surface area contributed by atoms with Crippen LogP contribution in [0.15, 0.2) is 57.1 Å². The minimum atomic E-state index is -4.21. The minimum Gasteiger partial charge on any atom is -0.322 e. The van der Waals surface area contributed by atoms with E-state index in [9.17, 15) is 21.6 Å². The van der Waals surface area contributed by atoms with Gasteiger partial charge >= 0.3 is 0 Å². The number of pyridine rings is 1. The molecular weight excluding hydrogens is 378 g/mol. The molecule has 26 heavy (non-hydrogen) atoms. The molecule has 3 aromatic rings. The molecule has 3 rings (SSSR count). The third kappa shape index (κ3) is 3.40. The first-order chi connectivity index (χ1) is 12.0. The largest absolute Gasteiger partial charge is 0.322 e. The molecule has 0 saturated carbocycles. The lowest BCUT2D eigenvalue weighted by molar-refractivity contribution is 0.596. The Balaban J connectivity index is 2.33. The van der Waals surface area contributed by atoms with Crippen LogP contribution in [-0.2, 0) is 20.0 Å². The summed E-state index contributed by atoms with van der Waals surface area (Å²) >= 11 is 0. The van der Waals surface area contributed by atoms with Crippen molar-refractivity contribution in [3.8, 4) is 11.1 Å². The summed E-state index contributed by atoms with van der Waals surface area (Å²) in [6, 6.07) is 9.85. The highest BCUT2D eigenvalue weighted by molar-refractivity contribution is 7.90. The molecule has 0 bridgehead atoms. The number of H-pyrrole nitrogens is 1. The number of nitrogens with two attached hydrogens (primary N) is 2. The molecule has 1 aromatic heterocycles. The summed E-state index contributed by atoms with van der Waals surface area (Å²) in [5.41, 5.74) is 1.79. The number of primary sulfonamides is 2. The summed E-state index contributed by atoms with van der Waals surface area (Å²) in [4.78, 5) is 13.5. The lowest BCUT2D eigenvalue weighted by Crippen LogP contribution is -2.17. The minimum absolute atomic E-state index is 0.229. The van der Waals surface area contributed by atoms with Crippen LogP contribution in [0.25, 0.3) is 22.0 Å². The Labute approximate surface area is 149 Å². The fourth-order valence-corrected chi connectivity index (χ4v) is 4.14. The van der Waals surface area contributed by atoms with E-state index in [0.717, 1.165) is 11.5 Å². The lowest BCUT2D eigenvalue weighted by Gasteiger charge is -2.11. The van der Waals surface area contributed by atoms with Crippen molar-refractivity contribution in [2.24, 2.45) is 10.3 Å². The Bertz CT molecular complexity index is 1310. The van der Waals surface area contributed by atoms with Gasteiger partial charge in [0.15, 0.2) is 0 Å². The van der Waals surface area contributed by atoms with Crippen LogP contribution in [0, 0.1) is 6.92 Å². The number of aromatic amines is 1. The fourth-order valence-electron chi connectivity index (χ4n) is 2.74. The van der Waals surface area contributed by atoms with Crippen molar-refractivity contribution < 1.29 is 16.8 Å². The van der Waals surface area contributed by atoms with Gasteiger partial charge in [-0.3, -0.25) is 4.79 Å². The van der Waals surface area contributed by atoms with Gasteiger partial charge < -0.3 is 4.98 Å². The first-order valence-corrected chi connectivity index (χ1v) is 10.4. The van der Waals surface area contributed by atoms with Crippen LogP contribution in [0.5, 0.6) is 0 Å². The summed E-state index contributed by atoms with van der Waals surface area (Å²) in [5, 5.41) is 11.0. The van der Waals surface area contributed by atoms with E-state index in [4.69, 9.17) is 10.3 Å². The molecule has 0 radical (unpaired) electrons. The van der Waals surface area contributed by atoms with Crippen molar-refractivity contribution in [2.75, 3.05) is 0 Å². The number of benzene rings is 2. The van der Waals surface area contributed by atoms with Gasteiger partial charge in [-0.1, -0.05) is 12.1 Å². The number of sulfonamides is 2. The van der Waals surface area contributed by atoms with Gasteiger partial charge in [0.05, 0.1) is 9.79 Å². The van der Waals surface area contributed by atoms with Crippen molar-refractivity contribution in [1.29, 1.82) is 0 Å². The lowest BCUT2D eigenvalue weighted by atomic mass is 10.0. The van der Waals surface area contributed by atoms with Crippen molar-refractivity contribution in [2.45, 2.75) is 16.7 Å². The maximum absolute atomic E-state index is 12.0. The SMILES string of the molecule is Cc1cc(=O)[nH]c2ccc(-c3ccc(S(N)(=O)=O)cc3S(N)(=O)=O)cc12. The van der Waals surface area contributed by atoms with Gasteiger partial charge in [0.1, 0.15) is 0 Å². The Morgan fingerprint density at radius 2 is 1.58 bits per heavy atom. The zero-order valence-corrected chi connectivity index (χ0v) is 15.2. The van der Waals surface area contributed by atoms with Gasteiger partial charge in [-0.05, 0) is 42.3 Å². The van der Waals surface area contributed by atoms with Crippen LogP contribution in [-0.4, -0.2) is 21.8 Å². The zero-order chi connectivity index (χ0) is 19.3. The van der Waals surface area contributed by atoms with E-state index in [1.807, 2.05) is 0 Å². The Morgan fingerprint density at radius 3 is 2.19 bits per heavy atom. The maximum atomic E-state index is 12.0. The van der Waals surface area contributed by atoms with E-state index >= 15 is 0 Å². The molecule has 0 aliphatic carbocycles. The number of nitrogens with one attached hydrogen (secondary N) is 1. The summed E-state index contributed by atoms with van der Waals surface area (Å²) in [6.07, 6.45) is 0. The number of hydrogen-bond donors (Lipinski definition) is 3. The van der Waals surface area contributed by atoms with E-state index in [2.05, 4.69) is 4.98 Å². The standard InChI is InChI=1S/C16H15N3O5S2/c1-9-6-16(20)19-14-5-2-10(7-13(9)14)12-4-3-11(25(17,21)22)8-15(12)26(18,23)24/h2-8H,1H3,(H,19,20)(H2,17,21,22)(H2,18,23,24). The van der Waals surface area contributed by atoms with E-state index in [0.29, 0.717) is 16.6 Å². The molecule has 0 fully saturated rings. The Hall–Kier alpha value is -2.53. The number of fused-ring (bicyclic) bond motifs is 1. The number of aryl methyl sites for hydroxylation is 1. The number of hydrogen-bond acceptors (Lipinski definition) is 5. The van der Waals surface area contributed by atoms with Crippen LogP contribution >= 0.6 is 0 Å². The van der Waals surface area contributed by atoms with Crippen molar-refractivity contribution >= 4 is 30.9 Å². The molecule has 0 amide bonds. The van der Waals surface area contributed by atoms with Crippen LogP contribution in [0.3, 0.4) is 0 Å². The van der Waals surface area contributed by atoms with Gasteiger partial charge in [-0.2, -0.15) is 0 Å². The predicted octanol–water partition coefficient (Wildman–Crippen LogP) is 0.798. The summed E-state index contributed by atoms with van der Waals surface area (Å²) in [6.45, 7) is 1.76. The Morgan fingerprint density at radius 1 is 0.885 bits per heavy atom. The average molecular weight is 393 g/mol. The molecule has 10 heteroatoms. The van der Waals surface area contributed by atoms with Gasteiger partial charge in [0, 0.05) is 22.5 Å². The maximum Gasteiger partial charge on any atom is 0.248 e. The monoisotopic (exact) mass is 393 g/mol. The van der Waals surface area contributed by atoms with Gasteiger partial charge in [0.25, 0.3) is 0 Å². The molecular formula is C16H15N3O5S2. The van der Waals surface area contributed by atoms with Crippen LogP contribution in [0.4, 0.5) is 0 Å². The quantitative estimate of drug-likeness (QED) is 0.600. The van der Waals surface area contributed by atoms with Gasteiger partial charge in [-0.15, -0.1) is 0 Å². The number of rotatable bonds is 3. The van der Waals surface area contributed by atoms with Gasteiger partial charge in [-0.25, -0.2) is 27.1 Å². The summed E-state index contributed by atoms with van der Waals surface area (Å²) < 4.78 is 47.0. The highest BCUT2D eigenvalue weighted by Crippen LogP contribution is 2.31. The second kappa shape index (κ2) is 6.02. The van der Waals surface area contributed by atoms with Crippen LogP contribution in [0.1, 0.15) is 5.56 Å². The van der Waals surface area contributed by atoms with Crippen LogP contribution in [0.2, 0.25) is 0 Å². The smallest absolute Gasteiger partial charge is 0.248 e. The first-order valence-electron chi connectivity index (χ1n) is 7.30. The van der Waals surface area contributed by atoms with E-state index < -0.39 is 20.0 Å². The molecule has 0 aliphatic heterocycles. The van der Waals surface area contributed by atoms with Crippen molar-refractivity contribution in [1.82, 2.24) is 4.98 Å². The molecule has 0 spiro atoms. The van der Waals surface area contributed by atoms with E-state index in [-0.39, 0.29) is 20.9 Å². The zero-order valence-electron chi connectivity index (χ0n) is 13.6. The third-order valence-corrected chi connectivity index (χ3v) is 5.81. The average Bonchev–Trinajstić information content (AvgIpc) is 2.52. The summed E-state index contributed by atoms with van der Waals surface area (Å²) in [5.74, 6) is 0. The number of aromatic nitrogens is 1. The topological polar surface area (TPSA) is 153 Å². The first kappa shape index (κ1) is 18.3. The predicted molar refractivity (Wildman–Crippen MR) is 97.5 cm³/mol. The molecule has 0 saturated heterocycles. The molecule has 0 unspecified atom stereocenters.